The van der Waals surface area contributed by atoms with Crippen LogP contribution in [0.3, 0.4) is 0 Å². The SMILES string of the molecule is COC(=O)C(CC#Cc1ccc(C(C)C)cc1)N=C(c1ccccc1)c1ccccc1. The van der Waals surface area contributed by atoms with Gasteiger partial charge in [-0.3, -0.25) is 4.99 Å². The molecule has 0 radical (unpaired) electrons. The maximum Gasteiger partial charge on any atom is 0.331 e. The van der Waals surface area contributed by atoms with Crippen molar-refractivity contribution in [3.05, 3.63) is 107 Å². The molecule has 31 heavy (non-hydrogen) atoms. The van der Waals surface area contributed by atoms with Crippen molar-refractivity contribution >= 4 is 11.7 Å². The van der Waals surface area contributed by atoms with Gasteiger partial charge in [-0.05, 0) is 23.6 Å². The summed E-state index contributed by atoms with van der Waals surface area (Å²) in [5.74, 6) is 6.35. The minimum atomic E-state index is -0.706. The molecule has 0 aliphatic heterocycles. The molecule has 3 rings (SSSR count). The van der Waals surface area contributed by atoms with Crippen LogP contribution in [-0.2, 0) is 9.53 Å². The van der Waals surface area contributed by atoms with E-state index in [9.17, 15) is 4.79 Å². The van der Waals surface area contributed by atoms with Crippen LogP contribution >= 0.6 is 0 Å². The number of nitrogens with zero attached hydrogens (tertiary/aromatic N) is 1. The maximum atomic E-state index is 12.5. The zero-order chi connectivity index (χ0) is 22.1. The molecule has 0 N–H and O–H groups in total. The molecule has 3 aromatic carbocycles. The molecule has 0 saturated heterocycles. The van der Waals surface area contributed by atoms with Gasteiger partial charge in [-0.15, -0.1) is 0 Å². The van der Waals surface area contributed by atoms with Crippen molar-refractivity contribution in [2.75, 3.05) is 7.11 Å². The Morgan fingerprint density at radius 1 is 0.871 bits per heavy atom. The number of aliphatic imine (C=N–C) groups is 1. The molecule has 156 valence electrons. The van der Waals surface area contributed by atoms with Gasteiger partial charge >= 0.3 is 5.97 Å². The molecule has 1 atom stereocenters. The molecule has 0 aliphatic rings. The van der Waals surface area contributed by atoms with Crippen LogP contribution in [0.5, 0.6) is 0 Å². The highest BCUT2D eigenvalue weighted by molar-refractivity contribution is 6.13. The van der Waals surface area contributed by atoms with Crippen molar-refractivity contribution in [3.8, 4) is 11.8 Å². The standard InChI is InChI=1S/C28H27NO2/c1-21(2)23-19-17-22(18-20-23)11-10-16-26(28(30)31-3)29-27(24-12-6-4-7-13-24)25-14-8-5-9-15-25/h4-9,12-15,17-21,26H,16H2,1-3H3. The Balaban J connectivity index is 1.90. The number of carbonyl (C=O) groups excluding carboxylic acids is 1. The summed E-state index contributed by atoms with van der Waals surface area (Å²) >= 11 is 0. The van der Waals surface area contributed by atoms with E-state index < -0.39 is 12.0 Å². The number of esters is 1. The highest BCUT2D eigenvalue weighted by Gasteiger charge is 2.19. The van der Waals surface area contributed by atoms with Crippen LogP contribution in [0.2, 0.25) is 0 Å². The van der Waals surface area contributed by atoms with Crippen LogP contribution in [0.15, 0.2) is 89.9 Å². The summed E-state index contributed by atoms with van der Waals surface area (Å²) in [7, 11) is 1.38. The first-order chi connectivity index (χ1) is 15.1. The van der Waals surface area contributed by atoms with E-state index in [4.69, 9.17) is 9.73 Å². The van der Waals surface area contributed by atoms with E-state index in [0.717, 1.165) is 22.4 Å². The molecular formula is C28H27NO2. The Morgan fingerprint density at radius 2 is 1.42 bits per heavy atom. The first-order valence-corrected chi connectivity index (χ1v) is 10.4. The number of methoxy groups -OCH3 is 1. The Bertz CT molecular complexity index is 1030. The van der Waals surface area contributed by atoms with Crippen LogP contribution < -0.4 is 0 Å². The third kappa shape index (κ3) is 6.17. The summed E-state index contributed by atoms with van der Waals surface area (Å²) in [6, 6.07) is 27.2. The number of hydrogen-bond acceptors (Lipinski definition) is 3. The van der Waals surface area contributed by atoms with Gasteiger partial charge in [0.05, 0.1) is 12.8 Å². The summed E-state index contributed by atoms with van der Waals surface area (Å²) in [4.78, 5) is 17.3. The smallest absolute Gasteiger partial charge is 0.331 e. The Kier molecular flexibility index (Phi) is 7.79. The summed E-state index contributed by atoms with van der Waals surface area (Å²) in [5.41, 5.74) is 4.83. The van der Waals surface area contributed by atoms with Crippen LogP contribution in [0, 0.1) is 11.8 Å². The van der Waals surface area contributed by atoms with E-state index >= 15 is 0 Å². The number of benzene rings is 3. The Hall–Kier alpha value is -3.64. The molecule has 0 spiro atoms. The van der Waals surface area contributed by atoms with E-state index in [1.165, 1.54) is 12.7 Å². The predicted octanol–water partition coefficient (Wildman–Crippen LogP) is 5.63. The summed E-state index contributed by atoms with van der Waals surface area (Å²) in [6.07, 6.45) is 0.280. The second-order valence-corrected chi connectivity index (χ2v) is 7.53. The Morgan fingerprint density at radius 3 is 1.90 bits per heavy atom. The Labute approximate surface area is 184 Å². The van der Waals surface area contributed by atoms with Crippen molar-refractivity contribution < 1.29 is 9.53 Å². The lowest BCUT2D eigenvalue weighted by Gasteiger charge is -2.12. The largest absolute Gasteiger partial charge is 0.467 e. The number of carbonyl (C=O) groups is 1. The quantitative estimate of drug-likeness (QED) is 0.301. The summed E-state index contributed by atoms with van der Waals surface area (Å²) in [5, 5.41) is 0. The molecule has 3 nitrogen and oxygen atoms in total. The van der Waals surface area contributed by atoms with Gasteiger partial charge in [0.15, 0.2) is 6.04 Å². The number of rotatable bonds is 6. The molecule has 3 aromatic rings. The topological polar surface area (TPSA) is 38.7 Å². The lowest BCUT2D eigenvalue weighted by molar-refractivity contribution is -0.141. The normalized spacial score (nSPS) is 11.2. The fourth-order valence-corrected chi connectivity index (χ4v) is 3.18. The molecule has 0 heterocycles. The van der Waals surface area contributed by atoms with Crippen LogP contribution in [-0.4, -0.2) is 24.8 Å². The zero-order valence-corrected chi connectivity index (χ0v) is 18.2. The van der Waals surface area contributed by atoms with Crippen molar-refractivity contribution in [1.29, 1.82) is 0 Å². The highest BCUT2D eigenvalue weighted by Crippen LogP contribution is 2.15. The third-order valence-electron chi connectivity index (χ3n) is 4.96. The first kappa shape index (κ1) is 22.1. The van der Waals surface area contributed by atoms with Gasteiger partial charge in [-0.2, -0.15) is 0 Å². The van der Waals surface area contributed by atoms with Crippen molar-refractivity contribution in [3.63, 3.8) is 0 Å². The molecule has 0 fully saturated rings. The lowest BCUT2D eigenvalue weighted by atomic mass is 10.0. The van der Waals surface area contributed by atoms with Gasteiger partial charge < -0.3 is 4.74 Å². The predicted molar refractivity (Wildman–Crippen MR) is 126 cm³/mol. The van der Waals surface area contributed by atoms with Crippen LogP contribution in [0.4, 0.5) is 0 Å². The van der Waals surface area contributed by atoms with Gasteiger partial charge in [-0.1, -0.05) is 98.5 Å². The average molecular weight is 410 g/mol. The monoisotopic (exact) mass is 409 g/mol. The van der Waals surface area contributed by atoms with Crippen LogP contribution in [0.25, 0.3) is 0 Å². The first-order valence-electron chi connectivity index (χ1n) is 10.4. The van der Waals surface area contributed by atoms with Gasteiger partial charge in [0.25, 0.3) is 0 Å². The van der Waals surface area contributed by atoms with Gasteiger partial charge in [-0.25, -0.2) is 4.79 Å². The maximum absolute atomic E-state index is 12.5. The van der Waals surface area contributed by atoms with E-state index in [0.29, 0.717) is 5.92 Å². The van der Waals surface area contributed by atoms with E-state index in [-0.39, 0.29) is 6.42 Å². The van der Waals surface area contributed by atoms with Gasteiger partial charge in [0.1, 0.15) is 0 Å². The lowest BCUT2D eigenvalue weighted by Crippen LogP contribution is -2.22. The molecule has 0 amide bonds. The fourth-order valence-electron chi connectivity index (χ4n) is 3.18. The van der Waals surface area contributed by atoms with Crippen molar-refractivity contribution in [1.82, 2.24) is 0 Å². The molecule has 3 heteroatoms. The minimum absolute atomic E-state index is 0.280. The zero-order valence-electron chi connectivity index (χ0n) is 18.2. The molecule has 1 unspecified atom stereocenters. The molecule has 0 aliphatic carbocycles. The molecule has 0 saturated carbocycles. The van der Waals surface area contributed by atoms with Crippen LogP contribution in [0.1, 0.15) is 48.4 Å². The van der Waals surface area contributed by atoms with Gasteiger partial charge in [0, 0.05) is 23.1 Å². The van der Waals surface area contributed by atoms with Crippen molar-refractivity contribution in [2.45, 2.75) is 32.2 Å². The average Bonchev–Trinajstić information content (AvgIpc) is 2.82. The van der Waals surface area contributed by atoms with Gasteiger partial charge in [0.2, 0.25) is 0 Å². The third-order valence-corrected chi connectivity index (χ3v) is 4.96. The van der Waals surface area contributed by atoms with Crippen molar-refractivity contribution in [2.24, 2.45) is 4.99 Å². The summed E-state index contributed by atoms with van der Waals surface area (Å²) in [6.45, 7) is 4.33. The second-order valence-electron chi connectivity index (χ2n) is 7.53. The molecule has 0 aromatic heterocycles. The minimum Gasteiger partial charge on any atom is -0.467 e. The molecular weight excluding hydrogens is 382 g/mol. The second kappa shape index (κ2) is 10.9. The van der Waals surface area contributed by atoms with E-state index in [1.807, 2.05) is 72.8 Å². The summed E-state index contributed by atoms with van der Waals surface area (Å²) < 4.78 is 5.02. The fraction of sp³-hybridized carbons (Fsp3) is 0.214. The number of ether oxygens (including phenoxy) is 1. The number of hydrogen-bond donors (Lipinski definition) is 0. The van der Waals surface area contributed by atoms with E-state index in [1.54, 1.807) is 0 Å². The molecule has 0 bridgehead atoms. The highest BCUT2D eigenvalue weighted by atomic mass is 16.5. The van der Waals surface area contributed by atoms with E-state index in [2.05, 4.69) is 37.8 Å².